The number of allylic oxidation sites excluding steroid dienone is 1. The molecule has 1 aromatic rings. The number of ether oxygens (including phenoxy) is 1. The van der Waals surface area contributed by atoms with Crippen molar-refractivity contribution in [1.29, 1.82) is 0 Å². The molecule has 0 N–H and O–H groups in total. The van der Waals surface area contributed by atoms with Crippen molar-refractivity contribution in [3.05, 3.63) is 29.6 Å². The Morgan fingerprint density at radius 1 is 1.10 bits per heavy atom. The van der Waals surface area contributed by atoms with Crippen molar-refractivity contribution >= 4 is 5.57 Å². The monoisotopic (exact) mass is 274 g/mol. The van der Waals surface area contributed by atoms with Crippen LogP contribution in [0.25, 0.3) is 5.57 Å². The Morgan fingerprint density at radius 3 is 2.55 bits per heavy atom. The molecule has 0 spiro atoms. The summed E-state index contributed by atoms with van der Waals surface area (Å²) in [6, 6.07) is 2.12. The Balaban J connectivity index is 2.36. The largest absolute Gasteiger partial charge is 0.495 e. The molecule has 2 rings (SSSR count). The van der Waals surface area contributed by atoms with Gasteiger partial charge in [-0.1, -0.05) is 18.4 Å². The Hall–Kier alpha value is -1.35. The predicted molar refractivity (Wildman–Crippen MR) is 84.0 cm³/mol. The number of hydrogen-bond acceptors (Lipinski definition) is 3. The van der Waals surface area contributed by atoms with Crippen molar-refractivity contribution in [3.63, 3.8) is 0 Å². The van der Waals surface area contributed by atoms with Crippen LogP contribution in [0.15, 0.2) is 24.0 Å². The summed E-state index contributed by atoms with van der Waals surface area (Å²) in [5.41, 5.74) is 4.30. The molecule has 0 atom stereocenters. The molecule has 0 aromatic carbocycles. The van der Waals surface area contributed by atoms with E-state index in [1.807, 2.05) is 6.20 Å². The molecule has 0 aliphatic heterocycles. The second-order valence-electron chi connectivity index (χ2n) is 5.85. The fourth-order valence-corrected chi connectivity index (χ4v) is 2.92. The molecule has 0 unspecified atom stereocenters. The summed E-state index contributed by atoms with van der Waals surface area (Å²) in [6.07, 6.45) is 11.4. The highest BCUT2D eigenvalue weighted by atomic mass is 16.5. The van der Waals surface area contributed by atoms with Crippen LogP contribution < -0.4 is 4.74 Å². The lowest BCUT2D eigenvalue weighted by Crippen LogP contribution is -2.17. The van der Waals surface area contributed by atoms with Crippen LogP contribution in [-0.2, 0) is 0 Å². The van der Waals surface area contributed by atoms with Gasteiger partial charge < -0.3 is 9.64 Å². The first-order chi connectivity index (χ1) is 9.70. The molecule has 0 radical (unpaired) electrons. The minimum Gasteiger partial charge on any atom is -0.495 e. The number of hydrogen-bond donors (Lipinski definition) is 0. The van der Waals surface area contributed by atoms with Crippen LogP contribution in [0, 0.1) is 0 Å². The molecule has 3 heteroatoms. The first-order valence-electron chi connectivity index (χ1n) is 7.55. The van der Waals surface area contributed by atoms with Crippen molar-refractivity contribution in [2.45, 2.75) is 38.5 Å². The molecule has 0 saturated heterocycles. The van der Waals surface area contributed by atoms with Gasteiger partial charge in [0.1, 0.15) is 5.75 Å². The fraction of sp³-hybridized carbons (Fsp3) is 0.588. The van der Waals surface area contributed by atoms with E-state index in [4.69, 9.17) is 4.74 Å². The van der Waals surface area contributed by atoms with E-state index in [9.17, 15) is 0 Å². The third kappa shape index (κ3) is 4.07. The highest BCUT2D eigenvalue weighted by Crippen LogP contribution is 2.31. The summed E-state index contributed by atoms with van der Waals surface area (Å²) in [5, 5.41) is 0. The molecular weight excluding hydrogens is 248 g/mol. The summed E-state index contributed by atoms with van der Waals surface area (Å²) in [7, 11) is 5.99. The van der Waals surface area contributed by atoms with Gasteiger partial charge in [0.05, 0.1) is 13.3 Å². The van der Waals surface area contributed by atoms with Crippen LogP contribution in [0.3, 0.4) is 0 Å². The number of aromatic nitrogens is 1. The van der Waals surface area contributed by atoms with E-state index < -0.39 is 0 Å². The van der Waals surface area contributed by atoms with Gasteiger partial charge >= 0.3 is 0 Å². The highest BCUT2D eigenvalue weighted by molar-refractivity contribution is 5.69. The van der Waals surface area contributed by atoms with Crippen LogP contribution in [-0.4, -0.2) is 37.6 Å². The second kappa shape index (κ2) is 7.44. The van der Waals surface area contributed by atoms with Gasteiger partial charge in [0.25, 0.3) is 0 Å². The van der Waals surface area contributed by atoms with Gasteiger partial charge in [-0.2, -0.15) is 0 Å². The number of rotatable bonds is 4. The summed E-state index contributed by atoms with van der Waals surface area (Å²) in [6.45, 7) is 1.05. The lowest BCUT2D eigenvalue weighted by Gasteiger charge is -2.21. The quantitative estimate of drug-likeness (QED) is 0.836. The van der Waals surface area contributed by atoms with Crippen molar-refractivity contribution in [2.24, 2.45) is 0 Å². The van der Waals surface area contributed by atoms with Crippen LogP contribution in [0.4, 0.5) is 0 Å². The van der Waals surface area contributed by atoms with Crippen molar-refractivity contribution in [2.75, 3.05) is 27.7 Å². The van der Waals surface area contributed by atoms with E-state index in [1.165, 1.54) is 43.2 Å². The van der Waals surface area contributed by atoms with E-state index in [0.29, 0.717) is 0 Å². The molecule has 0 fully saturated rings. The van der Waals surface area contributed by atoms with Crippen LogP contribution in [0.1, 0.15) is 44.1 Å². The molecule has 1 aliphatic rings. The molecule has 0 saturated carbocycles. The topological polar surface area (TPSA) is 25.4 Å². The van der Waals surface area contributed by atoms with Crippen LogP contribution in [0.5, 0.6) is 5.75 Å². The molecule has 1 heterocycles. The maximum Gasteiger partial charge on any atom is 0.137 e. The van der Waals surface area contributed by atoms with E-state index in [1.54, 1.807) is 18.9 Å². The Labute approximate surface area is 122 Å². The van der Waals surface area contributed by atoms with Gasteiger partial charge in [-0.25, -0.2) is 0 Å². The fourth-order valence-electron chi connectivity index (χ4n) is 2.92. The molecule has 0 bridgehead atoms. The van der Waals surface area contributed by atoms with Crippen LogP contribution in [0.2, 0.25) is 0 Å². The third-order valence-electron chi connectivity index (χ3n) is 3.89. The number of methoxy groups -OCH3 is 1. The zero-order chi connectivity index (χ0) is 14.4. The van der Waals surface area contributed by atoms with Gasteiger partial charge in [-0.15, -0.1) is 0 Å². The molecule has 1 aliphatic carbocycles. The van der Waals surface area contributed by atoms with Crippen molar-refractivity contribution in [3.8, 4) is 5.75 Å². The number of pyridine rings is 1. The van der Waals surface area contributed by atoms with Gasteiger partial charge in [0.15, 0.2) is 0 Å². The normalized spacial score (nSPS) is 17.0. The molecular formula is C17H26N2O. The maximum absolute atomic E-state index is 5.32. The smallest absolute Gasteiger partial charge is 0.137 e. The SMILES string of the molecule is COc1cncc(C2=C(CN(C)C)CCCCCC2)c1. The molecule has 20 heavy (non-hydrogen) atoms. The number of likely N-dealkylation sites (N-methyl/N-ethyl adjacent to an activating group) is 1. The summed E-state index contributed by atoms with van der Waals surface area (Å²) in [5.74, 6) is 0.848. The van der Waals surface area contributed by atoms with Gasteiger partial charge in [-0.05, 0) is 57.0 Å². The lowest BCUT2D eigenvalue weighted by molar-refractivity contribution is 0.412. The molecule has 110 valence electrons. The van der Waals surface area contributed by atoms with Crippen molar-refractivity contribution in [1.82, 2.24) is 9.88 Å². The Morgan fingerprint density at radius 2 is 1.85 bits per heavy atom. The Bertz CT molecular complexity index is 466. The third-order valence-corrected chi connectivity index (χ3v) is 3.89. The average Bonchev–Trinajstić information content (AvgIpc) is 2.42. The number of nitrogens with zero attached hydrogens (tertiary/aromatic N) is 2. The maximum atomic E-state index is 5.32. The van der Waals surface area contributed by atoms with E-state index >= 15 is 0 Å². The molecule has 0 amide bonds. The zero-order valence-electron chi connectivity index (χ0n) is 13.0. The lowest BCUT2D eigenvalue weighted by atomic mass is 9.89. The second-order valence-corrected chi connectivity index (χ2v) is 5.85. The summed E-state index contributed by atoms with van der Waals surface area (Å²) < 4.78 is 5.32. The van der Waals surface area contributed by atoms with Crippen molar-refractivity contribution < 1.29 is 4.74 Å². The highest BCUT2D eigenvalue weighted by Gasteiger charge is 2.14. The standard InChI is InChI=1S/C17H26N2O/c1-19(2)13-14-8-6-4-5-7-9-17(14)15-10-16(20-3)12-18-11-15/h10-12H,4-9,13H2,1-3H3. The first kappa shape index (κ1) is 15.0. The van der Waals surface area contributed by atoms with Gasteiger partial charge in [-0.3, -0.25) is 4.98 Å². The van der Waals surface area contributed by atoms with Crippen LogP contribution >= 0.6 is 0 Å². The first-order valence-corrected chi connectivity index (χ1v) is 7.55. The summed E-state index contributed by atoms with van der Waals surface area (Å²) >= 11 is 0. The van der Waals surface area contributed by atoms with Gasteiger partial charge in [0.2, 0.25) is 0 Å². The van der Waals surface area contributed by atoms with E-state index in [2.05, 4.69) is 30.0 Å². The minimum absolute atomic E-state index is 0.848. The van der Waals surface area contributed by atoms with E-state index in [0.717, 1.165) is 18.7 Å². The zero-order valence-corrected chi connectivity index (χ0v) is 13.0. The van der Waals surface area contributed by atoms with E-state index in [-0.39, 0.29) is 0 Å². The molecule has 1 aromatic heterocycles. The summed E-state index contributed by atoms with van der Waals surface area (Å²) in [4.78, 5) is 6.59. The Kier molecular flexibility index (Phi) is 5.60. The average molecular weight is 274 g/mol. The van der Waals surface area contributed by atoms with Gasteiger partial charge in [0, 0.05) is 12.7 Å². The minimum atomic E-state index is 0.848. The molecule has 3 nitrogen and oxygen atoms in total. The predicted octanol–water partition coefficient (Wildman–Crippen LogP) is 3.76.